The lowest BCUT2D eigenvalue weighted by Crippen LogP contribution is -2.27. The second kappa shape index (κ2) is 9.33. The van der Waals surface area contributed by atoms with Crippen molar-refractivity contribution in [3.8, 4) is 5.75 Å². The standard InChI is InChI=1S/C21H20F2N4O4/c1-13-20(27(29)30)14(2)26(25-13)9-8-24-21(28)16-5-3-4-15(10-16)12-31-19-7-6-17(22)11-18(19)23/h3-7,10-11H,8-9,12H2,1-2H3,(H,24,28). The van der Waals surface area contributed by atoms with Gasteiger partial charge in [-0.25, -0.2) is 8.78 Å². The fraction of sp³-hybridized carbons (Fsp3) is 0.238. The van der Waals surface area contributed by atoms with Gasteiger partial charge in [0.05, 0.1) is 11.5 Å². The number of nitrogens with one attached hydrogen (secondary N) is 1. The molecule has 3 rings (SSSR count). The summed E-state index contributed by atoms with van der Waals surface area (Å²) < 4.78 is 33.5. The Morgan fingerprint density at radius 3 is 2.68 bits per heavy atom. The molecular formula is C21H20F2N4O4. The summed E-state index contributed by atoms with van der Waals surface area (Å²) in [6, 6.07) is 9.63. The number of aryl methyl sites for hydroxylation is 1. The lowest BCUT2D eigenvalue weighted by Gasteiger charge is -2.10. The van der Waals surface area contributed by atoms with Crippen molar-refractivity contribution >= 4 is 11.6 Å². The first-order chi connectivity index (χ1) is 14.8. The molecule has 8 nitrogen and oxygen atoms in total. The molecule has 0 aliphatic heterocycles. The van der Waals surface area contributed by atoms with Crippen LogP contribution in [0.3, 0.4) is 0 Å². The highest BCUT2D eigenvalue weighted by molar-refractivity contribution is 5.94. The second-order valence-corrected chi connectivity index (χ2v) is 6.82. The van der Waals surface area contributed by atoms with E-state index in [0.29, 0.717) is 22.5 Å². The van der Waals surface area contributed by atoms with Gasteiger partial charge >= 0.3 is 5.69 Å². The summed E-state index contributed by atoms with van der Waals surface area (Å²) in [5, 5.41) is 17.9. The van der Waals surface area contributed by atoms with Crippen molar-refractivity contribution in [3.63, 3.8) is 0 Å². The summed E-state index contributed by atoms with van der Waals surface area (Å²) in [7, 11) is 0. The number of nitro groups is 1. The molecule has 1 amide bonds. The number of hydrogen-bond acceptors (Lipinski definition) is 5. The molecule has 0 radical (unpaired) electrons. The summed E-state index contributed by atoms with van der Waals surface area (Å²) in [6.45, 7) is 3.66. The summed E-state index contributed by atoms with van der Waals surface area (Å²) in [6.07, 6.45) is 0. The highest BCUT2D eigenvalue weighted by Gasteiger charge is 2.21. The Morgan fingerprint density at radius 2 is 2.00 bits per heavy atom. The predicted octanol–water partition coefficient (Wildman–Crippen LogP) is 3.70. The van der Waals surface area contributed by atoms with E-state index >= 15 is 0 Å². The van der Waals surface area contributed by atoms with Crippen LogP contribution in [0.2, 0.25) is 0 Å². The molecule has 3 aromatic rings. The van der Waals surface area contributed by atoms with Gasteiger partial charge in [0.1, 0.15) is 23.8 Å². The predicted molar refractivity (Wildman–Crippen MR) is 108 cm³/mol. The van der Waals surface area contributed by atoms with Gasteiger partial charge in [0, 0.05) is 18.2 Å². The lowest BCUT2D eigenvalue weighted by molar-refractivity contribution is -0.386. The van der Waals surface area contributed by atoms with E-state index in [1.54, 1.807) is 38.1 Å². The van der Waals surface area contributed by atoms with E-state index in [1.165, 1.54) is 10.7 Å². The molecule has 0 aliphatic rings. The molecule has 162 valence electrons. The number of hydrogen-bond donors (Lipinski definition) is 1. The first-order valence-corrected chi connectivity index (χ1v) is 9.39. The minimum Gasteiger partial charge on any atom is -0.486 e. The second-order valence-electron chi connectivity index (χ2n) is 6.82. The number of aromatic nitrogens is 2. The van der Waals surface area contributed by atoms with E-state index in [1.807, 2.05) is 0 Å². The van der Waals surface area contributed by atoms with E-state index in [0.717, 1.165) is 12.1 Å². The number of amides is 1. The molecule has 10 heteroatoms. The summed E-state index contributed by atoms with van der Waals surface area (Å²) in [5.41, 5.74) is 1.71. The molecule has 0 bridgehead atoms. The van der Waals surface area contributed by atoms with E-state index in [2.05, 4.69) is 10.4 Å². The Kier molecular flexibility index (Phi) is 6.58. The van der Waals surface area contributed by atoms with E-state index < -0.39 is 16.6 Å². The van der Waals surface area contributed by atoms with Crippen LogP contribution in [0.4, 0.5) is 14.5 Å². The van der Waals surface area contributed by atoms with Gasteiger partial charge in [0.25, 0.3) is 5.91 Å². The van der Waals surface area contributed by atoms with Crippen molar-refractivity contribution in [2.45, 2.75) is 27.0 Å². The average Bonchev–Trinajstić information content (AvgIpc) is 3.00. The van der Waals surface area contributed by atoms with Gasteiger partial charge in [-0.2, -0.15) is 5.10 Å². The van der Waals surface area contributed by atoms with Crippen molar-refractivity contribution in [2.24, 2.45) is 0 Å². The zero-order chi connectivity index (χ0) is 22.5. The fourth-order valence-corrected chi connectivity index (χ4v) is 3.10. The first-order valence-electron chi connectivity index (χ1n) is 9.39. The zero-order valence-electron chi connectivity index (χ0n) is 16.9. The maximum absolute atomic E-state index is 13.7. The van der Waals surface area contributed by atoms with Crippen LogP contribution < -0.4 is 10.1 Å². The number of carbonyl (C=O) groups excluding carboxylic acids is 1. The minimum absolute atomic E-state index is 0.000894. The highest BCUT2D eigenvalue weighted by Crippen LogP contribution is 2.21. The molecule has 0 atom stereocenters. The fourth-order valence-electron chi connectivity index (χ4n) is 3.10. The molecule has 0 spiro atoms. The Balaban J connectivity index is 1.58. The Labute approximate surface area is 176 Å². The van der Waals surface area contributed by atoms with Crippen molar-refractivity contribution in [1.29, 1.82) is 0 Å². The molecule has 0 fully saturated rings. The van der Waals surface area contributed by atoms with Gasteiger partial charge < -0.3 is 10.1 Å². The van der Waals surface area contributed by atoms with Crippen LogP contribution in [0.15, 0.2) is 42.5 Å². The quantitative estimate of drug-likeness (QED) is 0.434. The molecule has 1 heterocycles. The molecular weight excluding hydrogens is 410 g/mol. The lowest BCUT2D eigenvalue weighted by atomic mass is 10.1. The Morgan fingerprint density at radius 1 is 1.23 bits per heavy atom. The maximum atomic E-state index is 13.7. The van der Waals surface area contributed by atoms with Gasteiger partial charge in [0.15, 0.2) is 11.6 Å². The molecule has 2 aromatic carbocycles. The van der Waals surface area contributed by atoms with Crippen LogP contribution in [-0.4, -0.2) is 27.2 Å². The number of rotatable bonds is 8. The summed E-state index contributed by atoms with van der Waals surface area (Å²) in [5.74, 6) is -1.93. The van der Waals surface area contributed by atoms with E-state index in [4.69, 9.17) is 4.74 Å². The van der Waals surface area contributed by atoms with E-state index in [9.17, 15) is 23.7 Å². The topological polar surface area (TPSA) is 99.3 Å². The smallest absolute Gasteiger partial charge is 0.312 e. The molecule has 0 unspecified atom stereocenters. The van der Waals surface area contributed by atoms with Gasteiger partial charge in [-0.3, -0.25) is 19.6 Å². The summed E-state index contributed by atoms with van der Waals surface area (Å²) in [4.78, 5) is 23.0. The third kappa shape index (κ3) is 5.21. The summed E-state index contributed by atoms with van der Waals surface area (Å²) >= 11 is 0. The van der Waals surface area contributed by atoms with Crippen LogP contribution in [0.1, 0.15) is 27.3 Å². The van der Waals surface area contributed by atoms with Gasteiger partial charge in [-0.1, -0.05) is 12.1 Å². The Hall–Kier alpha value is -3.82. The SMILES string of the molecule is Cc1nn(CCNC(=O)c2cccc(COc3ccc(F)cc3F)c2)c(C)c1[N+](=O)[O-]. The van der Waals surface area contributed by atoms with Gasteiger partial charge in [0.2, 0.25) is 0 Å². The van der Waals surface area contributed by atoms with Crippen LogP contribution in [0.25, 0.3) is 0 Å². The van der Waals surface area contributed by atoms with Gasteiger partial charge in [-0.05, 0) is 43.7 Å². The molecule has 31 heavy (non-hydrogen) atoms. The first kappa shape index (κ1) is 21.9. The monoisotopic (exact) mass is 430 g/mol. The van der Waals surface area contributed by atoms with Crippen LogP contribution in [-0.2, 0) is 13.2 Å². The third-order valence-corrected chi connectivity index (χ3v) is 4.61. The number of carbonyl (C=O) groups is 1. The number of halogens is 2. The van der Waals surface area contributed by atoms with Crippen molar-refractivity contribution in [1.82, 2.24) is 15.1 Å². The average molecular weight is 430 g/mol. The normalized spacial score (nSPS) is 10.7. The van der Waals surface area contributed by atoms with Crippen molar-refractivity contribution < 1.29 is 23.2 Å². The van der Waals surface area contributed by atoms with Crippen LogP contribution in [0, 0.1) is 35.6 Å². The largest absolute Gasteiger partial charge is 0.486 e. The van der Waals surface area contributed by atoms with Crippen LogP contribution in [0.5, 0.6) is 5.75 Å². The highest BCUT2D eigenvalue weighted by atomic mass is 19.1. The van der Waals surface area contributed by atoms with E-state index in [-0.39, 0.29) is 37.0 Å². The number of nitrogens with zero attached hydrogens (tertiary/aromatic N) is 3. The van der Waals surface area contributed by atoms with Crippen LogP contribution >= 0.6 is 0 Å². The third-order valence-electron chi connectivity index (χ3n) is 4.61. The molecule has 0 saturated carbocycles. The Bertz CT molecular complexity index is 1130. The zero-order valence-corrected chi connectivity index (χ0v) is 16.9. The number of ether oxygens (including phenoxy) is 1. The molecule has 1 N–H and O–H groups in total. The molecule has 0 aliphatic carbocycles. The minimum atomic E-state index is -0.807. The van der Waals surface area contributed by atoms with Gasteiger partial charge in [-0.15, -0.1) is 0 Å². The molecule has 1 aromatic heterocycles. The van der Waals surface area contributed by atoms with Crippen molar-refractivity contribution in [2.75, 3.05) is 6.54 Å². The maximum Gasteiger partial charge on any atom is 0.312 e. The number of benzene rings is 2. The van der Waals surface area contributed by atoms with Crippen molar-refractivity contribution in [3.05, 3.63) is 86.7 Å². The molecule has 0 saturated heterocycles.